The molecule has 0 aliphatic heterocycles. The molecule has 0 radical (unpaired) electrons. The standard InChI is InChI=1S/C11H13BrFN5/c1-14-9(6-10-15-17-18(2)16-10)7-4-3-5-8(12)11(7)13/h3-5,9,14H,6H2,1-2H3. The van der Waals surface area contributed by atoms with Crippen LogP contribution in [0.5, 0.6) is 0 Å². The molecule has 1 unspecified atom stereocenters. The van der Waals surface area contributed by atoms with Gasteiger partial charge in [-0.2, -0.15) is 4.80 Å². The second-order valence-electron chi connectivity index (χ2n) is 3.88. The molecule has 7 heteroatoms. The van der Waals surface area contributed by atoms with E-state index in [0.29, 0.717) is 22.3 Å². The van der Waals surface area contributed by atoms with Crippen LogP contribution in [-0.2, 0) is 13.5 Å². The summed E-state index contributed by atoms with van der Waals surface area (Å²) in [5.74, 6) is 0.317. The fraction of sp³-hybridized carbons (Fsp3) is 0.364. The number of halogens is 2. The number of nitrogens with zero attached hydrogens (tertiary/aromatic N) is 4. The average Bonchev–Trinajstić information content (AvgIpc) is 2.76. The summed E-state index contributed by atoms with van der Waals surface area (Å²) in [7, 11) is 3.48. The van der Waals surface area contributed by atoms with Crippen molar-refractivity contribution >= 4 is 15.9 Å². The second-order valence-corrected chi connectivity index (χ2v) is 4.74. The Kier molecular flexibility index (Phi) is 4.03. The Hall–Kier alpha value is -1.34. The molecule has 1 atom stereocenters. The first kappa shape index (κ1) is 13.1. The van der Waals surface area contributed by atoms with Crippen LogP contribution in [0.3, 0.4) is 0 Å². The monoisotopic (exact) mass is 313 g/mol. The Morgan fingerprint density at radius 1 is 1.50 bits per heavy atom. The van der Waals surface area contributed by atoms with Crippen molar-refractivity contribution in [3.8, 4) is 0 Å². The van der Waals surface area contributed by atoms with Crippen molar-refractivity contribution in [3.63, 3.8) is 0 Å². The first-order valence-electron chi connectivity index (χ1n) is 5.46. The Labute approximate surface area is 113 Å². The number of nitrogens with one attached hydrogen (secondary N) is 1. The molecule has 96 valence electrons. The Morgan fingerprint density at radius 2 is 2.28 bits per heavy atom. The Morgan fingerprint density at radius 3 is 2.89 bits per heavy atom. The van der Waals surface area contributed by atoms with Crippen LogP contribution >= 0.6 is 15.9 Å². The molecule has 2 aromatic rings. The predicted octanol–water partition coefficient (Wildman–Crippen LogP) is 1.61. The van der Waals surface area contributed by atoms with Crippen molar-refractivity contribution in [1.82, 2.24) is 25.5 Å². The summed E-state index contributed by atoms with van der Waals surface area (Å²) >= 11 is 3.18. The molecule has 1 N–H and O–H groups in total. The molecule has 0 aliphatic rings. The molecule has 2 rings (SSSR count). The fourth-order valence-electron chi connectivity index (χ4n) is 1.74. The van der Waals surface area contributed by atoms with Crippen LogP contribution in [0.2, 0.25) is 0 Å². The van der Waals surface area contributed by atoms with Gasteiger partial charge in [0.1, 0.15) is 5.82 Å². The zero-order valence-corrected chi connectivity index (χ0v) is 11.6. The summed E-state index contributed by atoms with van der Waals surface area (Å²) in [6.07, 6.45) is 0.484. The minimum atomic E-state index is -0.263. The molecule has 0 amide bonds. The zero-order valence-electron chi connectivity index (χ0n) is 10.1. The molecule has 1 heterocycles. The third-order valence-corrected chi connectivity index (χ3v) is 3.25. The van der Waals surface area contributed by atoms with E-state index in [9.17, 15) is 4.39 Å². The van der Waals surface area contributed by atoms with Gasteiger partial charge in [-0.3, -0.25) is 0 Å². The summed E-state index contributed by atoms with van der Waals surface area (Å²) in [6.45, 7) is 0. The van der Waals surface area contributed by atoms with Gasteiger partial charge in [-0.25, -0.2) is 4.39 Å². The van der Waals surface area contributed by atoms with Gasteiger partial charge < -0.3 is 5.32 Å². The lowest BCUT2D eigenvalue weighted by atomic mass is 10.0. The number of tetrazole rings is 1. The van der Waals surface area contributed by atoms with E-state index in [0.717, 1.165) is 0 Å². The molecule has 0 saturated heterocycles. The van der Waals surface area contributed by atoms with Crippen LogP contribution in [0.1, 0.15) is 17.4 Å². The van der Waals surface area contributed by atoms with E-state index in [-0.39, 0.29) is 11.9 Å². The normalized spacial score (nSPS) is 12.7. The van der Waals surface area contributed by atoms with Crippen molar-refractivity contribution in [2.24, 2.45) is 7.05 Å². The quantitative estimate of drug-likeness (QED) is 0.932. The molecular weight excluding hydrogens is 301 g/mol. The number of hydrogen-bond acceptors (Lipinski definition) is 4. The van der Waals surface area contributed by atoms with Crippen LogP contribution in [-0.4, -0.2) is 27.3 Å². The van der Waals surface area contributed by atoms with Crippen LogP contribution < -0.4 is 5.32 Å². The number of rotatable bonds is 4. The molecule has 5 nitrogen and oxygen atoms in total. The SMILES string of the molecule is CNC(Cc1nnn(C)n1)c1cccc(Br)c1F. The molecular formula is C11H13BrFN5. The molecule has 0 aliphatic carbocycles. The zero-order chi connectivity index (χ0) is 13.1. The van der Waals surface area contributed by atoms with Crippen molar-refractivity contribution in [2.75, 3.05) is 7.05 Å². The summed E-state index contributed by atoms with van der Waals surface area (Å²) < 4.78 is 14.4. The topological polar surface area (TPSA) is 55.6 Å². The van der Waals surface area contributed by atoms with Gasteiger partial charge in [0.25, 0.3) is 0 Å². The minimum absolute atomic E-state index is 0.188. The average molecular weight is 314 g/mol. The number of hydrogen-bond donors (Lipinski definition) is 1. The van der Waals surface area contributed by atoms with E-state index < -0.39 is 0 Å². The lowest BCUT2D eigenvalue weighted by Gasteiger charge is -2.16. The molecule has 0 bridgehead atoms. The van der Waals surface area contributed by atoms with Crippen LogP contribution in [0.25, 0.3) is 0 Å². The van der Waals surface area contributed by atoms with E-state index in [2.05, 4.69) is 36.7 Å². The summed E-state index contributed by atoms with van der Waals surface area (Å²) in [5, 5.41) is 14.8. The third-order valence-electron chi connectivity index (χ3n) is 2.64. The van der Waals surface area contributed by atoms with E-state index in [1.165, 1.54) is 4.80 Å². The molecule has 1 aromatic heterocycles. The highest BCUT2D eigenvalue weighted by Crippen LogP contribution is 2.25. The minimum Gasteiger partial charge on any atom is -0.313 e. The van der Waals surface area contributed by atoms with Gasteiger partial charge in [0.2, 0.25) is 0 Å². The lowest BCUT2D eigenvalue weighted by Crippen LogP contribution is -2.21. The Bertz CT molecular complexity index is 542. The molecule has 0 fully saturated rings. The maximum Gasteiger partial charge on any atom is 0.176 e. The van der Waals surface area contributed by atoms with Crippen LogP contribution in [0.15, 0.2) is 22.7 Å². The van der Waals surface area contributed by atoms with Crippen molar-refractivity contribution in [2.45, 2.75) is 12.5 Å². The van der Waals surface area contributed by atoms with Crippen LogP contribution in [0.4, 0.5) is 4.39 Å². The first-order valence-corrected chi connectivity index (χ1v) is 6.25. The van der Waals surface area contributed by atoms with E-state index in [1.807, 2.05) is 0 Å². The van der Waals surface area contributed by atoms with E-state index >= 15 is 0 Å². The summed E-state index contributed by atoms with van der Waals surface area (Å²) in [6, 6.07) is 5.03. The summed E-state index contributed by atoms with van der Waals surface area (Å²) in [4.78, 5) is 1.39. The molecule has 1 aromatic carbocycles. The fourth-order valence-corrected chi connectivity index (χ4v) is 2.13. The predicted molar refractivity (Wildman–Crippen MR) is 68.4 cm³/mol. The van der Waals surface area contributed by atoms with Gasteiger partial charge in [0, 0.05) is 18.0 Å². The van der Waals surface area contributed by atoms with Crippen molar-refractivity contribution < 1.29 is 4.39 Å². The van der Waals surface area contributed by atoms with Gasteiger partial charge in [0.05, 0.1) is 11.5 Å². The highest BCUT2D eigenvalue weighted by atomic mass is 79.9. The molecule has 0 spiro atoms. The van der Waals surface area contributed by atoms with Gasteiger partial charge in [0.15, 0.2) is 5.82 Å². The van der Waals surface area contributed by atoms with Crippen LogP contribution in [0, 0.1) is 5.82 Å². The highest BCUT2D eigenvalue weighted by Gasteiger charge is 2.18. The lowest BCUT2D eigenvalue weighted by molar-refractivity contribution is 0.521. The van der Waals surface area contributed by atoms with Crippen molar-refractivity contribution in [3.05, 3.63) is 39.9 Å². The number of aromatic nitrogens is 4. The number of benzene rings is 1. The van der Waals surface area contributed by atoms with Gasteiger partial charge >= 0.3 is 0 Å². The van der Waals surface area contributed by atoms with Crippen molar-refractivity contribution in [1.29, 1.82) is 0 Å². The van der Waals surface area contributed by atoms with Gasteiger partial charge in [-0.05, 0) is 34.3 Å². The number of likely N-dealkylation sites (N-methyl/N-ethyl adjacent to an activating group) is 1. The summed E-state index contributed by atoms with van der Waals surface area (Å²) in [5.41, 5.74) is 0.583. The smallest absolute Gasteiger partial charge is 0.176 e. The van der Waals surface area contributed by atoms with E-state index in [1.54, 1.807) is 32.3 Å². The first-order chi connectivity index (χ1) is 8.61. The third kappa shape index (κ3) is 2.73. The van der Waals surface area contributed by atoms with E-state index in [4.69, 9.17) is 0 Å². The van der Waals surface area contributed by atoms with Gasteiger partial charge in [-0.1, -0.05) is 12.1 Å². The largest absolute Gasteiger partial charge is 0.313 e. The second kappa shape index (κ2) is 5.53. The number of aryl methyl sites for hydroxylation is 1. The highest BCUT2D eigenvalue weighted by molar-refractivity contribution is 9.10. The van der Waals surface area contributed by atoms with Gasteiger partial charge in [-0.15, -0.1) is 10.2 Å². The maximum atomic E-state index is 14.0. The maximum absolute atomic E-state index is 14.0. The molecule has 18 heavy (non-hydrogen) atoms. The Balaban J connectivity index is 2.25. The molecule has 0 saturated carbocycles.